The van der Waals surface area contributed by atoms with Gasteiger partial charge in [-0.1, -0.05) is 18.2 Å². The van der Waals surface area contributed by atoms with Crippen molar-refractivity contribution in [3.8, 4) is 16.9 Å². The van der Waals surface area contributed by atoms with E-state index in [0.717, 1.165) is 24.0 Å². The van der Waals surface area contributed by atoms with Crippen LogP contribution in [-0.2, 0) is 0 Å². The van der Waals surface area contributed by atoms with Crippen molar-refractivity contribution in [3.05, 3.63) is 78.1 Å². The molecule has 2 aliphatic rings. The van der Waals surface area contributed by atoms with Gasteiger partial charge in [-0.25, -0.2) is 0 Å². The third-order valence-electron chi connectivity index (χ3n) is 6.16. The second-order valence-corrected chi connectivity index (χ2v) is 10.1. The lowest BCUT2D eigenvalue weighted by molar-refractivity contribution is 0.0633. The van der Waals surface area contributed by atoms with Crippen molar-refractivity contribution in [1.82, 2.24) is 9.88 Å². The van der Waals surface area contributed by atoms with Crippen LogP contribution in [0, 0.1) is 5.92 Å². The van der Waals surface area contributed by atoms with E-state index < -0.39 is 11.0 Å². The molecule has 2 aromatic carbocycles. The van der Waals surface area contributed by atoms with Gasteiger partial charge in [0.15, 0.2) is 5.84 Å². The highest BCUT2D eigenvalue weighted by molar-refractivity contribution is 8.24. The zero-order chi connectivity index (χ0) is 24.4. The summed E-state index contributed by atoms with van der Waals surface area (Å²) in [6.07, 6.45) is 5.31. The van der Waals surface area contributed by atoms with Crippen LogP contribution in [0.15, 0.2) is 71.4 Å². The number of carbonyl (C=O) groups excluding carboxylic acids is 1. The number of hydrogen-bond acceptors (Lipinski definition) is 8. The Morgan fingerprint density at radius 2 is 1.94 bits per heavy atom. The minimum absolute atomic E-state index is 0.00785. The van der Waals surface area contributed by atoms with Gasteiger partial charge < -0.3 is 15.4 Å². The molecule has 0 radical (unpaired) electrons. The molecule has 182 valence electrons. The Balaban J connectivity index is 1.26. The number of piperidine rings is 1. The Morgan fingerprint density at radius 3 is 2.77 bits per heavy atom. The van der Waals surface area contributed by atoms with E-state index in [-0.39, 0.29) is 17.7 Å². The molecule has 9 nitrogen and oxygen atoms in total. The molecule has 3 aromatic rings. The Labute approximate surface area is 205 Å². The molecule has 5 rings (SSSR count). The number of anilines is 1. The molecule has 1 aromatic heterocycles. The van der Waals surface area contributed by atoms with E-state index in [0.29, 0.717) is 42.3 Å². The fraction of sp³-hybridized carbons (Fsp3) is 0.240. The molecular formula is C25H27N5O4S. The van der Waals surface area contributed by atoms with Crippen LogP contribution in [-0.4, -0.2) is 50.4 Å². The Bertz CT molecular complexity index is 1270. The van der Waals surface area contributed by atoms with Gasteiger partial charge in [-0.15, -0.1) is 4.40 Å². The first-order valence-corrected chi connectivity index (χ1v) is 12.9. The topological polar surface area (TPSA) is 133 Å². The number of hydrogen-bond donors (Lipinski definition) is 4. The summed E-state index contributed by atoms with van der Waals surface area (Å²) in [6, 6.07) is 16.7. The number of amides is 1. The third kappa shape index (κ3) is 5.09. The molecule has 5 N–H and O–H groups in total. The second kappa shape index (κ2) is 9.57. The maximum Gasteiger partial charge on any atom is 0.253 e. The van der Waals surface area contributed by atoms with Crippen LogP contribution < -0.4 is 15.2 Å². The highest BCUT2D eigenvalue weighted by Gasteiger charge is 2.28. The fourth-order valence-electron chi connectivity index (χ4n) is 4.51. The number of benzene rings is 2. The predicted molar refractivity (Wildman–Crippen MR) is 137 cm³/mol. The van der Waals surface area contributed by atoms with Gasteiger partial charge in [0.1, 0.15) is 5.75 Å². The highest BCUT2D eigenvalue weighted by Crippen LogP contribution is 2.46. The highest BCUT2D eigenvalue weighted by atomic mass is 32.3. The number of aromatic nitrogens is 1. The van der Waals surface area contributed by atoms with Crippen molar-refractivity contribution in [2.45, 2.75) is 12.8 Å². The van der Waals surface area contributed by atoms with Crippen LogP contribution in [0.1, 0.15) is 28.8 Å². The van der Waals surface area contributed by atoms with Gasteiger partial charge in [0.05, 0.1) is 17.9 Å². The summed E-state index contributed by atoms with van der Waals surface area (Å²) in [5.74, 6) is 0.694. The lowest BCUT2D eigenvalue weighted by Crippen LogP contribution is -2.41. The minimum Gasteiger partial charge on any atom is -0.492 e. The number of nitrogens with two attached hydrogens (primary N) is 1. The zero-order valence-electron chi connectivity index (χ0n) is 19.0. The molecule has 0 bridgehead atoms. The Morgan fingerprint density at radius 1 is 1.14 bits per heavy atom. The molecule has 0 aliphatic carbocycles. The van der Waals surface area contributed by atoms with Crippen molar-refractivity contribution >= 4 is 28.4 Å². The normalized spacial score (nSPS) is 19.7. The summed E-state index contributed by atoms with van der Waals surface area (Å²) in [7, 11) is -3.35. The Kier molecular flexibility index (Phi) is 6.33. The van der Waals surface area contributed by atoms with Crippen LogP contribution in [0.2, 0.25) is 0 Å². The standard InChI is InChI=1S/C25H27N5O4S/c26-24-23-21(28-35(32,33)29-24)7-2-8-22(23)34-16-17-4-3-13-30(15-17)25(31)20-6-1-5-19(14-20)18-9-11-27-12-10-18/h1-2,5-12,14,17,28,32-33H,3-4,13,15-16H2,(H2,26,29)/t17-/m0/s1. The maximum atomic E-state index is 13.3. The first-order valence-electron chi connectivity index (χ1n) is 11.4. The van der Waals surface area contributed by atoms with Gasteiger partial charge in [-0.05, 0) is 71.3 Å². The van der Waals surface area contributed by atoms with Gasteiger partial charge in [-0.2, -0.15) is 0 Å². The summed E-state index contributed by atoms with van der Waals surface area (Å²) in [4.78, 5) is 19.2. The van der Waals surface area contributed by atoms with Crippen LogP contribution >= 0.6 is 11.0 Å². The van der Waals surface area contributed by atoms with E-state index in [4.69, 9.17) is 10.5 Å². The quantitative estimate of drug-likeness (QED) is 0.414. The number of nitrogens with one attached hydrogen (secondary N) is 1. The average Bonchev–Trinajstić information content (AvgIpc) is 2.87. The molecule has 0 saturated carbocycles. The molecule has 1 amide bonds. The molecule has 0 unspecified atom stereocenters. The molecule has 1 saturated heterocycles. The summed E-state index contributed by atoms with van der Waals surface area (Å²) in [5, 5.41) is 0. The van der Waals surface area contributed by atoms with Crippen molar-refractivity contribution < 1.29 is 18.6 Å². The molecule has 0 spiro atoms. The van der Waals surface area contributed by atoms with Gasteiger partial charge in [0, 0.05) is 37.0 Å². The fourth-order valence-corrected chi connectivity index (χ4v) is 5.38. The minimum atomic E-state index is -3.35. The van der Waals surface area contributed by atoms with Crippen molar-refractivity contribution in [2.24, 2.45) is 16.0 Å². The zero-order valence-corrected chi connectivity index (χ0v) is 19.8. The maximum absolute atomic E-state index is 13.3. The lowest BCUT2D eigenvalue weighted by Gasteiger charge is -2.34. The summed E-state index contributed by atoms with van der Waals surface area (Å²) < 4.78 is 32.1. The second-order valence-electron chi connectivity index (χ2n) is 8.66. The number of nitrogens with zero attached hydrogens (tertiary/aromatic N) is 3. The first kappa shape index (κ1) is 23.2. The van der Waals surface area contributed by atoms with Crippen LogP contribution in [0.4, 0.5) is 5.69 Å². The number of likely N-dealkylation sites (tertiary alicyclic amines) is 1. The molecular weight excluding hydrogens is 466 g/mol. The van der Waals surface area contributed by atoms with E-state index in [9.17, 15) is 13.9 Å². The van der Waals surface area contributed by atoms with E-state index in [1.54, 1.807) is 30.6 Å². The summed E-state index contributed by atoms with van der Waals surface area (Å²) >= 11 is 0. The summed E-state index contributed by atoms with van der Waals surface area (Å²) in [6.45, 7) is 1.70. The molecule has 1 atom stereocenters. The number of fused-ring (bicyclic) bond motifs is 1. The molecule has 2 aliphatic heterocycles. The van der Waals surface area contributed by atoms with Gasteiger partial charge in [-0.3, -0.25) is 23.6 Å². The number of rotatable bonds is 5. The predicted octanol–water partition coefficient (Wildman–Crippen LogP) is 4.39. The van der Waals surface area contributed by atoms with E-state index >= 15 is 0 Å². The van der Waals surface area contributed by atoms with E-state index in [2.05, 4.69) is 14.1 Å². The smallest absolute Gasteiger partial charge is 0.253 e. The van der Waals surface area contributed by atoms with E-state index in [1.807, 2.05) is 41.3 Å². The third-order valence-corrected chi connectivity index (χ3v) is 7.10. The van der Waals surface area contributed by atoms with Crippen LogP contribution in [0.5, 0.6) is 5.75 Å². The number of ether oxygens (including phenoxy) is 1. The molecule has 35 heavy (non-hydrogen) atoms. The monoisotopic (exact) mass is 493 g/mol. The van der Waals surface area contributed by atoms with Crippen molar-refractivity contribution in [1.29, 1.82) is 0 Å². The molecule has 10 heteroatoms. The number of carbonyl (C=O) groups is 1. The largest absolute Gasteiger partial charge is 0.492 e. The lowest BCUT2D eigenvalue weighted by atomic mass is 9.97. The average molecular weight is 494 g/mol. The van der Waals surface area contributed by atoms with Gasteiger partial charge in [0.25, 0.3) is 5.91 Å². The van der Waals surface area contributed by atoms with Gasteiger partial charge >= 0.3 is 0 Å². The first-order chi connectivity index (χ1) is 16.9. The molecule has 3 heterocycles. The Hall–Kier alpha value is -3.60. The number of amidine groups is 1. The van der Waals surface area contributed by atoms with Gasteiger partial charge in [0.2, 0.25) is 0 Å². The van der Waals surface area contributed by atoms with Crippen molar-refractivity contribution in [2.75, 3.05) is 24.4 Å². The van der Waals surface area contributed by atoms with Crippen molar-refractivity contribution in [3.63, 3.8) is 0 Å². The SMILES string of the molecule is NC1=NS(O)(O)Nc2cccc(OC[C@H]3CCCN(C(=O)c4cccc(-c5ccncc5)c4)C3)c21. The van der Waals surface area contributed by atoms with E-state index in [1.165, 1.54) is 0 Å². The van der Waals surface area contributed by atoms with Crippen LogP contribution in [0.3, 0.4) is 0 Å². The van der Waals surface area contributed by atoms with Crippen LogP contribution in [0.25, 0.3) is 11.1 Å². The molecule has 1 fully saturated rings. The number of pyridine rings is 1. The summed E-state index contributed by atoms with van der Waals surface area (Å²) in [5.41, 5.74) is 9.62.